The van der Waals surface area contributed by atoms with Crippen molar-refractivity contribution in [3.63, 3.8) is 0 Å². The number of ether oxygens (including phenoxy) is 1. The summed E-state index contributed by atoms with van der Waals surface area (Å²) in [6, 6.07) is 4.84. The van der Waals surface area contributed by atoms with Crippen LogP contribution in [0.25, 0.3) is 11.1 Å². The molecule has 2 saturated heterocycles. The monoisotopic (exact) mass is 400 g/mol. The normalized spacial score (nSPS) is 19.5. The molecule has 154 valence electrons. The number of nitrogens with zero attached hydrogens (tertiary/aromatic N) is 4. The lowest BCUT2D eigenvalue weighted by Gasteiger charge is -2.42. The Morgan fingerprint density at radius 1 is 1.21 bits per heavy atom. The van der Waals surface area contributed by atoms with Gasteiger partial charge in [-0.3, -0.25) is 14.6 Å². The molecule has 0 atom stereocenters. The number of hydrogen-bond acceptors (Lipinski definition) is 6. The van der Waals surface area contributed by atoms with E-state index in [1.54, 1.807) is 23.1 Å². The Bertz CT molecular complexity index is 984. The van der Waals surface area contributed by atoms with E-state index in [0.29, 0.717) is 42.7 Å². The summed E-state index contributed by atoms with van der Waals surface area (Å²) in [5.41, 5.74) is 0.180. The third-order valence-electron chi connectivity index (χ3n) is 5.42. The van der Waals surface area contributed by atoms with Crippen LogP contribution in [-0.2, 0) is 9.53 Å². The molecule has 2 aliphatic heterocycles. The third-order valence-corrected chi connectivity index (χ3v) is 5.42. The first-order valence-electron chi connectivity index (χ1n) is 9.56. The van der Waals surface area contributed by atoms with Crippen molar-refractivity contribution in [2.45, 2.75) is 44.8 Å². The fourth-order valence-electron chi connectivity index (χ4n) is 3.99. The first kappa shape index (κ1) is 19.2. The van der Waals surface area contributed by atoms with E-state index in [1.807, 2.05) is 20.8 Å². The van der Waals surface area contributed by atoms with Gasteiger partial charge in [-0.2, -0.15) is 0 Å². The Labute approximate surface area is 168 Å². The summed E-state index contributed by atoms with van der Waals surface area (Å²) in [5, 5.41) is 0. The van der Waals surface area contributed by atoms with Crippen molar-refractivity contribution < 1.29 is 23.5 Å². The van der Waals surface area contributed by atoms with Crippen LogP contribution >= 0.6 is 0 Å². The highest BCUT2D eigenvalue weighted by Gasteiger charge is 2.58. The van der Waals surface area contributed by atoms with Crippen LogP contribution in [-0.4, -0.2) is 64.1 Å². The van der Waals surface area contributed by atoms with Gasteiger partial charge >= 0.3 is 12.1 Å². The predicted octanol–water partition coefficient (Wildman–Crippen LogP) is 3.00. The molecule has 9 heteroatoms. The Balaban J connectivity index is 1.63. The average molecular weight is 400 g/mol. The standard InChI is InChI=1S/C20H24N4O5/c1-19(2,3)29-18(27)23-9-7-20(8-10-23)16(25)22(4)17(26)24(20)13-5-6-15-14(11-13)21-12-28-15/h5-6,11-12H,7-10H2,1-4H3. The fourth-order valence-corrected chi connectivity index (χ4v) is 3.99. The summed E-state index contributed by atoms with van der Waals surface area (Å²) in [4.78, 5) is 46.9. The van der Waals surface area contributed by atoms with E-state index in [4.69, 9.17) is 9.15 Å². The van der Waals surface area contributed by atoms with E-state index in [0.717, 1.165) is 4.90 Å². The third kappa shape index (κ3) is 3.10. The SMILES string of the molecule is CN1C(=O)N(c2ccc3ocnc3c2)C2(CCN(C(=O)OC(C)(C)C)CC2)C1=O. The average Bonchev–Trinajstić information content (AvgIpc) is 3.19. The fraction of sp³-hybridized carbons (Fsp3) is 0.500. The molecular formula is C20H24N4O5. The van der Waals surface area contributed by atoms with Crippen molar-refractivity contribution >= 4 is 34.8 Å². The summed E-state index contributed by atoms with van der Waals surface area (Å²) >= 11 is 0. The molecule has 0 unspecified atom stereocenters. The molecule has 0 N–H and O–H groups in total. The quantitative estimate of drug-likeness (QED) is 0.683. The van der Waals surface area contributed by atoms with Gasteiger partial charge in [0.25, 0.3) is 5.91 Å². The van der Waals surface area contributed by atoms with Gasteiger partial charge in [0.2, 0.25) is 0 Å². The molecule has 9 nitrogen and oxygen atoms in total. The largest absolute Gasteiger partial charge is 0.444 e. The Hall–Kier alpha value is -3.10. The summed E-state index contributed by atoms with van der Waals surface area (Å²) in [7, 11) is 1.49. The van der Waals surface area contributed by atoms with Crippen molar-refractivity contribution in [1.82, 2.24) is 14.8 Å². The molecule has 29 heavy (non-hydrogen) atoms. The second kappa shape index (κ2) is 6.47. The van der Waals surface area contributed by atoms with Crippen LogP contribution < -0.4 is 4.90 Å². The number of fused-ring (bicyclic) bond motifs is 1. The number of amides is 4. The van der Waals surface area contributed by atoms with E-state index in [1.165, 1.54) is 18.3 Å². The zero-order valence-corrected chi connectivity index (χ0v) is 17.0. The van der Waals surface area contributed by atoms with E-state index in [-0.39, 0.29) is 11.9 Å². The predicted molar refractivity (Wildman–Crippen MR) is 104 cm³/mol. The van der Waals surface area contributed by atoms with Gasteiger partial charge in [-0.25, -0.2) is 14.6 Å². The minimum absolute atomic E-state index is 0.258. The number of oxazole rings is 1. The molecule has 0 bridgehead atoms. The number of anilines is 1. The zero-order chi connectivity index (χ0) is 21.0. The van der Waals surface area contributed by atoms with E-state index >= 15 is 0 Å². The van der Waals surface area contributed by atoms with Crippen molar-refractivity contribution in [2.24, 2.45) is 0 Å². The van der Waals surface area contributed by atoms with Crippen LogP contribution in [0.2, 0.25) is 0 Å². The summed E-state index contributed by atoms with van der Waals surface area (Å²) in [6.45, 7) is 6.08. The number of hydrogen-bond donors (Lipinski definition) is 0. The number of urea groups is 1. The number of likely N-dealkylation sites (tertiary alicyclic amines) is 1. The molecule has 0 radical (unpaired) electrons. The molecule has 4 amide bonds. The summed E-state index contributed by atoms with van der Waals surface area (Å²) in [6.07, 6.45) is 1.59. The highest BCUT2D eigenvalue weighted by atomic mass is 16.6. The number of likely N-dealkylation sites (N-methyl/N-ethyl adjacent to an activating group) is 1. The summed E-state index contributed by atoms with van der Waals surface area (Å²) in [5.74, 6) is -0.258. The Morgan fingerprint density at radius 2 is 1.90 bits per heavy atom. The van der Waals surface area contributed by atoms with Crippen LogP contribution in [0.5, 0.6) is 0 Å². The van der Waals surface area contributed by atoms with E-state index in [2.05, 4.69) is 4.98 Å². The first-order valence-corrected chi connectivity index (χ1v) is 9.56. The van der Waals surface area contributed by atoms with Gasteiger partial charge in [-0.05, 0) is 51.8 Å². The zero-order valence-electron chi connectivity index (χ0n) is 17.0. The lowest BCUT2D eigenvalue weighted by molar-refractivity contribution is -0.131. The van der Waals surface area contributed by atoms with Crippen LogP contribution in [0, 0.1) is 0 Å². The van der Waals surface area contributed by atoms with Gasteiger partial charge in [0, 0.05) is 25.8 Å². The van der Waals surface area contributed by atoms with Gasteiger partial charge in [0.1, 0.15) is 16.7 Å². The maximum atomic E-state index is 13.1. The van der Waals surface area contributed by atoms with Crippen molar-refractivity contribution in [3.8, 4) is 0 Å². The van der Waals surface area contributed by atoms with Gasteiger partial charge in [-0.15, -0.1) is 0 Å². The van der Waals surface area contributed by atoms with Crippen LogP contribution in [0.1, 0.15) is 33.6 Å². The smallest absolute Gasteiger partial charge is 0.410 e. The number of benzene rings is 1. The highest BCUT2D eigenvalue weighted by molar-refractivity contribution is 6.17. The highest BCUT2D eigenvalue weighted by Crippen LogP contribution is 2.41. The topological polar surface area (TPSA) is 96.2 Å². The second-order valence-electron chi connectivity index (χ2n) is 8.49. The lowest BCUT2D eigenvalue weighted by Crippen LogP contribution is -2.58. The van der Waals surface area contributed by atoms with Crippen molar-refractivity contribution in [2.75, 3.05) is 25.0 Å². The van der Waals surface area contributed by atoms with Crippen LogP contribution in [0.4, 0.5) is 15.3 Å². The van der Waals surface area contributed by atoms with E-state index in [9.17, 15) is 14.4 Å². The minimum Gasteiger partial charge on any atom is -0.444 e. The van der Waals surface area contributed by atoms with Gasteiger partial charge in [0.15, 0.2) is 12.0 Å². The van der Waals surface area contributed by atoms with Crippen molar-refractivity contribution in [3.05, 3.63) is 24.6 Å². The van der Waals surface area contributed by atoms with Crippen molar-refractivity contribution in [1.29, 1.82) is 0 Å². The number of piperidine rings is 1. The lowest BCUT2D eigenvalue weighted by atomic mass is 9.85. The van der Waals surface area contributed by atoms with Crippen LogP contribution in [0.3, 0.4) is 0 Å². The molecule has 2 aromatic rings. The Kier molecular flexibility index (Phi) is 4.29. The number of imide groups is 1. The molecule has 2 fully saturated rings. The molecule has 2 aliphatic rings. The molecule has 4 rings (SSSR count). The molecule has 1 spiro atoms. The summed E-state index contributed by atoms with van der Waals surface area (Å²) < 4.78 is 10.7. The number of carbonyl (C=O) groups excluding carboxylic acids is 3. The van der Waals surface area contributed by atoms with Gasteiger partial charge in [0.05, 0.1) is 0 Å². The molecule has 1 aromatic heterocycles. The molecule has 0 saturated carbocycles. The van der Waals surface area contributed by atoms with E-state index < -0.39 is 17.2 Å². The number of aromatic nitrogens is 1. The molecule has 3 heterocycles. The Morgan fingerprint density at radius 3 is 2.55 bits per heavy atom. The first-order chi connectivity index (χ1) is 13.6. The number of rotatable bonds is 1. The molecule has 1 aromatic carbocycles. The molecular weight excluding hydrogens is 376 g/mol. The second-order valence-corrected chi connectivity index (χ2v) is 8.49. The minimum atomic E-state index is -1.03. The van der Waals surface area contributed by atoms with Gasteiger partial charge < -0.3 is 14.1 Å². The number of carbonyl (C=O) groups is 3. The maximum absolute atomic E-state index is 13.1. The molecule has 0 aliphatic carbocycles. The maximum Gasteiger partial charge on any atom is 0.410 e. The van der Waals surface area contributed by atoms with Crippen LogP contribution in [0.15, 0.2) is 29.0 Å². The van der Waals surface area contributed by atoms with Gasteiger partial charge in [-0.1, -0.05) is 0 Å².